The monoisotopic (exact) mass is 542 g/mol. The molecule has 36 heavy (non-hydrogen) atoms. The Kier molecular flexibility index (Phi) is 9.62. The highest BCUT2D eigenvalue weighted by molar-refractivity contribution is 8.03. The average molecular weight is 543 g/mol. The van der Waals surface area contributed by atoms with E-state index in [2.05, 4.69) is 29.9 Å². The number of aryl methyl sites for hydroxylation is 2. The fraction of sp³-hybridized carbons (Fsp3) is 0.250. The molecule has 3 rings (SSSR count). The standard InChI is InChI=1S/C24H26N6O3S3/c1-6-13(2)20(21(31)27-23-26-16(5)30-36-23)19(35-18-10-8-17(9-11-18)22(32)33)12-7-14(3)34-24-25-15(4)28-29-24/h7-12H,6H2,1-5H3,(H,32,33)(H,25,28,29)(H,26,27,30,31)/b14-7+,19-12+,20-13-. The van der Waals surface area contributed by atoms with Crippen LogP contribution >= 0.6 is 35.1 Å². The summed E-state index contributed by atoms with van der Waals surface area (Å²) in [6.45, 7) is 9.46. The fourth-order valence-electron chi connectivity index (χ4n) is 2.90. The van der Waals surface area contributed by atoms with Crippen molar-refractivity contribution in [3.8, 4) is 0 Å². The van der Waals surface area contributed by atoms with E-state index in [1.165, 1.54) is 23.5 Å². The molecule has 188 valence electrons. The predicted octanol–water partition coefficient (Wildman–Crippen LogP) is 6.01. The van der Waals surface area contributed by atoms with E-state index in [1.54, 1.807) is 31.2 Å². The summed E-state index contributed by atoms with van der Waals surface area (Å²) in [7, 11) is 0. The molecule has 0 saturated heterocycles. The molecule has 2 heterocycles. The number of hydrogen-bond acceptors (Lipinski definition) is 9. The van der Waals surface area contributed by atoms with Crippen molar-refractivity contribution in [2.75, 3.05) is 5.32 Å². The Bertz CT molecular complexity index is 1340. The van der Waals surface area contributed by atoms with Crippen LogP contribution in [-0.4, -0.2) is 41.5 Å². The summed E-state index contributed by atoms with van der Waals surface area (Å²) >= 11 is 3.92. The first-order valence-corrected chi connectivity index (χ1v) is 13.3. The van der Waals surface area contributed by atoms with E-state index in [0.717, 1.165) is 32.7 Å². The maximum Gasteiger partial charge on any atom is 0.335 e. The first kappa shape index (κ1) is 27.4. The molecule has 12 heteroatoms. The van der Waals surface area contributed by atoms with Gasteiger partial charge in [0, 0.05) is 21.3 Å². The molecule has 1 amide bonds. The Hall–Kier alpha value is -3.22. The van der Waals surface area contributed by atoms with Crippen LogP contribution in [0.3, 0.4) is 0 Å². The number of hydrogen-bond donors (Lipinski definition) is 3. The largest absolute Gasteiger partial charge is 0.478 e. The number of anilines is 1. The van der Waals surface area contributed by atoms with Crippen molar-refractivity contribution in [2.24, 2.45) is 0 Å². The zero-order valence-corrected chi connectivity index (χ0v) is 22.9. The summed E-state index contributed by atoms with van der Waals surface area (Å²) < 4.78 is 4.14. The van der Waals surface area contributed by atoms with E-state index >= 15 is 0 Å². The number of allylic oxidation sites excluding steroid dienone is 4. The van der Waals surface area contributed by atoms with Crippen molar-refractivity contribution in [3.63, 3.8) is 0 Å². The molecule has 0 radical (unpaired) electrons. The fourth-order valence-corrected chi connectivity index (χ4v) is 5.20. The van der Waals surface area contributed by atoms with Crippen LogP contribution in [0.5, 0.6) is 0 Å². The van der Waals surface area contributed by atoms with E-state index in [9.17, 15) is 14.7 Å². The number of thioether (sulfide) groups is 2. The highest BCUT2D eigenvalue weighted by atomic mass is 32.2. The van der Waals surface area contributed by atoms with Gasteiger partial charge in [0.2, 0.25) is 10.3 Å². The summed E-state index contributed by atoms with van der Waals surface area (Å²) in [5.41, 5.74) is 1.63. The number of carbonyl (C=O) groups is 2. The summed E-state index contributed by atoms with van der Waals surface area (Å²) in [4.78, 5) is 35.7. The number of aromatic nitrogens is 5. The van der Waals surface area contributed by atoms with Gasteiger partial charge in [-0.05, 0) is 69.4 Å². The van der Waals surface area contributed by atoms with Gasteiger partial charge < -0.3 is 5.11 Å². The lowest BCUT2D eigenvalue weighted by Crippen LogP contribution is -2.16. The van der Waals surface area contributed by atoms with Gasteiger partial charge in [-0.3, -0.25) is 15.2 Å². The molecule has 9 nitrogen and oxygen atoms in total. The second-order valence-corrected chi connectivity index (χ2v) is 10.7. The third-order valence-electron chi connectivity index (χ3n) is 4.81. The number of carboxylic acids is 1. The molecule has 0 unspecified atom stereocenters. The molecule has 3 N–H and O–H groups in total. The van der Waals surface area contributed by atoms with Gasteiger partial charge in [-0.2, -0.15) is 4.37 Å². The minimum Gasteiger partial charge on any atom is -0.478 e. The van der Waals surface area contributed by atoms with Crippen molar-refractivity contribution in [2.45, 2.75) is 51.1 Å². The SMILES string of the molecule is CC/C(C)=C(C(=O)Nc1nc(C)ns1)/C(=C\C=C(/C)Sc1n[nH]c(C)n1)Sc1ccc(C(=O)O)cc1. The first-order chi connectivity index (χ1) is 17.2. The van der Waals surface area contributed by atoms with Gasteiger partial charge in [0.15, 0.2) is 0 Å². The molecule has 0 saturated carbocycles. The van der Waals surface area contributed by atoms with Crippen LogP contribution < -0.4 is 5.32 Å². The number of nitrogens with one attached hydrogen (secondary N) is 2. The molecule has 2 aromatic heterocycles. The van der Waals surface area contributed by atoms with E-state index in [4.69, 9.17) is 0 Å². The number of benzene rings is 1. The molecule has 1 aromatic carbocycles. The van der Waals surface area contributed by atoms with Crippen LogP contribution in [0, 0.1) is 13.8 Å². The summed E-state index contributed by atoms with van der Waals surface area (Å²) in [5, 5.41) is 20.1. The predicted molar refractivity (Wildman–Crippen MR) is 144 cm³/mol. The zero-order valence-electron chi connectivity index (χ0n) is 20.4. The molecule has 0 atom stereocenters. The molecule has 0 spiro atoms. The van der Waals surface area contributed by atoms with Crippen molar-refractivity contribution in [1.82, 2.24) is 24.5 Å². The normalized spacial score (nSPS) is 12.9. The van der Waals surface area contributed by atoms with Gasteiger partial charge >= 0.3 is 5.97 Å². The first-order valence-electron chi connectivity index (χ1n) is 10.9. The number of H-pyrrole nitrogens is 1. The van der Waals surface area contributed by atoms with Crippen molar-refractivity contribution >= 4 is 52.1 Å². The Morgan fingerprint density at radius 2 is 1.83 bits per heavy atom. The minimum atomic E-state index is -0.991. The van der Waals surface area contributed by atoms with Crippen LogP contribution in [-0.2, 0) is 4.79 Å². The Labute approximate surface area is 221 Å². The number of carboxylic acid groups (broad SMARTS) is 1. The van der Waals surface area contributed by atoms with Gasteiger partial charge in [0.1, 0.15) is 11.6 Å². The Morgan fingerprint density at radius 3 is 2.39 bits per heavy atom. The third-order valence-corrected chi connectivity index (χ3v) is 7.42. The number of carbonyl (C=O) groups excluding carboxylic acids is 1. The lowest BCUT2D eigenvalue weighted by Gasteiger charge is -2.15. The van der Waals surface area contributed by atoms with Crippen LogP contribution in [0.25, 0.3) is 0 Å². The summed E-state index contributed by atoms with van der Waals surface area (Å²) in [5.74, 6) is 0.0488. The molecule has 0 aliphatic heterocycles. The maximum atomic E-state index is 13.4. The lowest BCUT2D eigenvalue weighted by molar-refractivity contribution is -0.112. The topological polar surface area (TPSA) is 134 Å². The second kappa shape index (κ2) is 12.7. The van der Waals surface area contributed by atoms with E-state index < -0.39 is 5.97 Å². The van der Waals surface area contributed by atoms with Crippen LogP contribution in [0.4, 0.5) is 5.13 Å². The average Bonchev–Trinajstić information content (AvgIpc) is 3.44. The van der Waals surface area contributed by atoms with E-state index in [0.29, 0.717) is 33.0 Å². The molecule has 0 aliphatic carbocycles. The molecule has 0 fully saturated rings. The molecule has 3 aromatic rings. The van der Waals surface area contributed by atoms with E-state index in [-0.39, 0.29) is 11.5 Å². The Balaban J connectivity index is 1.98. The molecule has 0 aliphatic rings. The minimum absolute atomic E-state index is 0.198. The summed E-state index contributed by atoms with van der Waals surface area (Å²) in [6.07, 6.45) is 4.47. The summed E-state index contributed by atoms with van der Waals surface area (Å²) in [6, 6.07) is 6.55. The highest BCUT2D eigenvalue weighted by Gasteiger charge is 2.20. The molecular weight excluding hydrogens is 517 g/mol. The molecular formula is C24H26N6O3S3. The van der Waals surface area contributed by atoms with Gasteiger partial charge in [-0.1, -0.05) is 42.1 Å². The molecule has 0 bridgehead atoms. The van der Waals surface area contributed by atoms with E-state index in [1.807, 2.05) is 39.8 Å². The van der Waals surface area contributed by atoms with Crippen LogP contribution in [0.1, 0.15) is 49.2 Å². The number of rotatable bonds is 10. The highest BCUT2D eigenvalue weighted by Crippen LogP contribution is 2.36. The lowest BCUT2D eigenvalue weighted by atomic mass is 10.1. The van der Waals surface area contributed by atoms with Crippen LogP contribution in [0.15, 0.2) is 67.4 Å². The van der Waals surface area contributed by atoms with Gasteiger partial charge in [0.05, 0.1) is 11.1 Å². The van der Waals surface area contributed by atoms with Gasteiger partial charge in [-0.15, -0.1) is 5.10 Å². The number of aromatic amines is 1. The quantitative estimate of drug-likeness (QED) is 0.160. The van der Waals surface area contributed by atoms with Crippen molar-refractivity contribution in [1.29, 1.82) is 0 Å². The number of nitrogens with zero attached hydrogens (tertiary/aromatic N) is 4. The van der Waals surface area contributed by atoms with Crippen molar-refractivity contribution < 1.29 is 14.7 Å². The van der Waals surface area contributed by atoms with Gasteiger partial charge in [0.25, 0.3) is 5.91 Å². The second-order valence-electron chi connectivity index (χ2n) is 7.66. The van der Waals surface area contributed by atoms with Crippen molar-refractivity contribution in [3.05, 3.63) is 74.6 Å². The Morgan fingerprint density at radius 1 is 1.11 bits per heavy atom. The maximum absolute atomic E-state index is 13.4. The third kappa shape index (κ3) is 7.64. The smallest absolute Gasteiger partial charge is 0.335 e. The zero-order chi connectivity index (χ0) is 26.2. The van der Waals surface area contributed by atoms with Crippen LogP contribution in [0.2, 0.25) is 0 Å². The number of aromatic carboxylic acids is 1. The number of amides is 1. The van der Waals surface area contributed by atoms with Gasteiger partial charge in [-0.25, -0.2) is 14.8 Å².